The summed E-state index contributed by atoms with van der Waals surface area (Å²) in [6, 6.07) is 9.40. The second-order valence-electron chi connectivity index (χ2n) is 5.58. The van der Waals surface area contributed by atoms with E-state index in [0.717, 1.165) is 5.56 Å². The van der Waals surface area contributed by atoms with Crippen LogP contribution in [-0.2, 0) is 20.9 Å². The minimum absolute atomic E-state index is 0.185. The molecule has 104 valence electrons. The molecular formula is C15H21NO3. The first-order valence-electron chi connectivity index (χ1n) is 6.33. The largest absolute Gasteiger partial charge is 0.455 e. The summed E-state index contributed by atoms with van der Waals surface area (Å²) in [5, 5.41) is 2.54. The predicted molar refractivity (Wildman–Crippen MR) is 73.3 cm³/mol. The fourth-order valence-electron chi connectivity index (χ4n) is 1.24. The molecule has 0 aliphatic rings. The van der Waals surface area contributed by atoms with Gasteiger partial charge >= 0.3 is 11.9 Å². The highest BCUT2D eigenvalue weighted by Gasteiger charge is 2.26. The lowest BCUT2D eigenvalue weighted by atomic mass is 9.90. The van der Waals surface area contributed by atoms with Gasteiger partial charge in [0.05, 0.1) is 0 Å². The van der Waals surface area contributed by atoms with Crippen LogP contribution in [0.25, 0.3) is 0 Å². The van der Waals surface area contributed by atoms with Crippen molar-refractivity contribution in [1.82, 2.24) is 5.32 Å². The smallest absolute Gasteiger partial charge is 0.397 e. The molecular weight excluding hydrogens is 242 g/mol. The van der Waals surface area contributed by atoms with Gasteiger partial charge in [0.1, 0.15) is 6.10 Å². The van der Waals surface area contributed by atoms with Gasteiger partial charge in [0.25, 0.3) is 0 Å². The number of rotatable bonds is 3. The van der Waals surface area contributed by atoms with Gasteiger partial charge in [-0.1, -0.05) is 51.1 Å². The van der Waals surface area contributed by atoms with Crippen molar-refractivity contribution in [2.45, 2.75) is 40.3 Å². The Morgan fingerprint density at radius 3 is 2.32 bits per heavy atom. The molecule has 19 heavy (non-hydrogen) atoms. The predicted octanol–water partition coefficient (Wildman–Crippen LogP) is 2.28. The normalized spacial score (nSPS) is 12.6. The highest BCUT2D eigenvalue weighted by atomic mass is 16.5. The van der Waals surface area contributed by atoms with Crippen molar-refractivity contribution in [1.29, 1.82) is 0 Å². The zero-order valence-electron chi connectivity index (χ0n) is 11.9. The van der Waals surface area contributed by atoms with Gasteiger partial charge < -0.3 is 10.1 Å². The van der Waals surface area contributed by atoms with Crippen LogP contribution in [0.4, 0.5) is 0 Å². The molecule has 4 heteroatoms. The maximum Gasteiger partial charge on any atom is 0.397 e. The summed E-state index contributed by atoms with van der Waals surface area (Å²) in [4.78, 5) is 23.2. The molecule has 0 saturated carbocycles. The number of nitrogens with one attached hydrogen (secondary N) is 1. The molecule has 1 atom stereocenters. The van der Waals surface area contributed by atoms with E-state index in [2.05, 4.69) is 5.32 Å². The van der Waals surface area contributed by atoms with Gasteiger partial charge in [0, 0.05) is 6.54 Å². The topological polar surface area (TPSA) is 55.4 Å². The number of hydrogen-bond donors (Lipinski definition) is 1. The monoisotopic (exact) mass is 263 g/mol. The lowest BCUT2D eigenvalue weighted by Crippen LogP contribution is -2.37. The number of amides is 1. The molecule has 0 radical (unpaired) electrons. The highest BCUT2D eigenvalue weighted by Crippen LogP contribution is 2.21. The SMILES string of the molecule is C[C@@H](OC(=O)C(=O)NCc1ccccc1)C(C)(C)C. The van der Waals surface area contributed by atoms with E-state index in [9.17, 15) is 9.59 Å². The standard InChI is InChI=1S/C15H21NO3/c1-11(15(2,3)4)19-14(18)13(17)16-10-12-8-6-5-7-9-12/h5-9,11H,10H2,1-4H3,(H,16,17)/t11-/m1/s1. The van der Waals surface area contributed by atoms with Crippen LogP contribution in [0.3, 0.4) is 0 Å². The molecule has 0 heterocycles. The molecule has 0 bridgehead atoms. The summed E-state index contributed by atoms with van der Waals surface area (Å²) in [5.74, 6) is -1.54. The third kappa shape index (κ3) is 5.12. The lowest BCUT2D eigenvalue weighted by Gasteiger charge is -2.26. The molecule has 1 amide bonds. The second-order valence-corrected chi connectivity index (χ2v) is 5.58. The fraction of sp³-hybridized carbons (Fsp3) is 0.467. The van der Waals surface area contributed by atoms with E-state index in [1.54, 1.807) is 6.92 Å². The summed E-state index contributed by atoms with van der Waals surface area (Å²) in [6.45, 7) is 7.95. The van der Waals surface area contributed by atoms with E-state index >= 15 is 0 Å². The summed E-state index contributed by atoms with van der Waals surface area (Å²) in [7, 11) is 0. The maximum atomic E-state index is 11.6. The van der Waals surface area contributed by atoms with Crippen LogP contribution in [0.1, 0.15) is 33.3 Å². The molecule has 0 saturated heterocycles. The molecule has 0 aliphatic carbocycles. The molecule has 1 rings (SSSR count). The first-order valence-corrected chi connectivity index (χ1v) is 6.33. The summed E-state index contributed by atoms with van der Waals surface area (Å²) in [5.41, 5.74) is 0.752. The quantitative estimate of drug-likeness (QED) is 0.672. The van der Waals surface area contributed by atoms with Crippen molar-refractivity contribution in [3.63, 3.8) is 0 Å². The van der Waals surface area contributed by atoms with Gasteiger partial charge in [0.15, 0.2) is 0 Å². The number of benzene rings is 1. The van der Waals surface area contributed by atoms with Crippen LogP contribution in [-0.4, -0.2) is 18.0 Å². The molecule has 4 nitrogen and oxygen atoms in total. The van der Waals surface area contributed by atoms with Gasteiger partial charge in [-0.2, -0.15) is 0 Å². The van der Waals surface area contributed by atoms with Crippen LogP contribution >= 0.6 is 0 Å². The molecule has 1 N–H and O–H groups in total. The summed E-state index contributed by atoms with van der Waals surface area (Å²) < 4.78 is 5.11. The van der Waals surface area contributed by atoms with Gasteiger partial charge in [0.2, 0.25) is 0 Å². The van der Waals surface area contributed by atoms with Gasteiger partial charge in [-0.3, -0.25) is 4.79 Å². The van der Waals surface area contributed by atoms with E-state index in [-0.39, 0.29) is 11.5 Å². The first-order chi connectivity index (χ1) is 8.80. The van der Waals surface area contributed by atoms with Gasteiger partial charge in [-0.05, 0) is 17.9 Å². The Balaban J connectivity index is 2.44. The zero-order chi connectivity index (χ0) is 14.5. The van der Waals surface area contributed by atoms with Crippen LogP contribution in [0.15, 0.2) is 30.3 Å². The molecule has 0 fully saturated rings. The Morgan fingerprint density at radius 1 is 1.21 bits per heavy atom. The van der Waals surface area contributed by atoms with E-state index in [0.29, 0.717) is 6.54 Å². The Kier molecular flexibility index (Phi) is 5.10. The molecule has 0 aliphatic heterocycles. The van der Waals surface area contributed by atoms with Crippen molar-refractivity contribution >= 4 is 11.9 Å². The van der Waals surface area contributed by atoms with Crippen molar-refractivity contribution in [2.24, 2.45) is 5.41 Å². The van der Waals surface area contributed by atoms with Gasteiger partial charge in [-0.25, -0.2) is 4.79 Å². The van der Waals surface area contributed by atoms with E-state index in [1.165, 1.54) is 0 Å². The maximum absolute atomic E-state index is 11.6. The van der Waals surface area contributed by atoms with Crippen molar-refractivity contribution < 1.29 is 14.3 Å². The lowest BCUT2D eigenvalue weighted by molar-refractivity contribution is -0.162. The number of ether oxygens (including phenoxy) is 1. The number of esters is 1. The van der Waals surface area contributed by atoms with Crippen molar-refractivity contribution in [3.05, 3.63) is 35.9 Å². The Hall–Kier alpha value is -1.84. The van der Waals surface area contributed by atoms with Crippen molar-refractivity contribution in [2.75, 3.05) is 0 Å². The minimum atomic E-state index is -0.835. The van der Waals surface area contributed by atoms with E-state index < -0.39 is 11.9 Å². The number of hydrogen-bond acceptors (Lipinski definition) is 3. The Labute approximate surface area is 114 Å². The van der Waals surface area contributed by atoms with Crippen molar-refractivity contribution in [3.8, 4) is 0 Å². The summed E-state index contributed by atoms with van der Waals surface area (Å²) >= 11 is 0. The van der Waals surface area contributed by atoms with Crippen LogP contribution in [0.5, 0.6) is 0 Å². The number of carbonyl (C=O) groups is 2. The van der Waals surface area contributed by atoms with Crippen LogP contribution < -0.4 is 5.32 Å². The third-order valence-corrected chi connectivity index (χ3v) is 2.98. The second kappa shape index (κ2) is 6.36. The Bertz CT molecular complexity index is 434. The minimum Gasteiger partial charge on any atom is -0.455 e. The third-order valence-electron chi connectivity index (χ3n) is 2.98. The average molecular weight is 263 g/mol. The van der Waals surface area contributed by atoms with Crippen LogP contribution in [0, 0.1) is 5.41 Å². The first kappa shape index (κ1) is 15.2. The molecule has 1 aromatic carbocycles. The average Bonchev–Trinajstić information content (AvgIpc) is 2.35. The molecule has 0 aromatic heterocycles. The molecule has 0 unspecified atom stereocenters. The fourth-order valence-corrected chi connectivity index (χ4v) is 1.24. The Morgan fingerprint density at radius 2 is 1.79 bits per heavy atom. The molecule has 1 aromatic rings. The van der Waals surface area contributed by atoms with Crippen LogP contribution in [0.2, 0.25) is 0 Å². The molecule has 0 spiro atoms. The van der Waals surface area contributed by atoms with Gasteiger partial charge in [-0.15, -0.1) is 0 Å². The van der Waals surface area contributed by atoms with E-state index in [4.69, 9.17) is 4.74 Å². The highest BCUT2D eigenvalue weighted by molar-refractivity contribution is 6.32. The van der Waals surface area contributed by atoms with E-state index in [1.807, 2.05) is 51.1 Å². The zero-order valence-corrected chi connectivity index (χ0v) is 11.9. The summed E-state index contributed by atoms with van der Waals surface area (Å²) in [6.07, 6.45) is -0.317. The number of carbonyl (C=O) groups excluding carboxylic acids is 2.